The van der Waals surface area contributed by atoms with E-state index in [-0.39, 0.29) is 0 Å². The Balaban J connectivity index is 3.08. The quantitative estimate of drug-likeness (QED) is 0.429. The summed E-state index contributed by atoms with van der Waals surface area (Å²) in [6.45, 7) is 12.9. The molecule has 0 spiro atoms. The first-order chi connectivity index (χ1) is 8.20. The van der Waals surface area contributed by atoms with Crippen LogP contribution in [-0.4, -0.2) is 24.5 Å². The fourth-order valence-corrected chi connectivity index (χ4v) is 2.31. The van der Waals surface area contributed by atoms with E-state index in [0.717, 1.165) is 5.92 Å². The predicted octanol–water partition coefficient (Wildman–Crippen LogP) is 5.11. The van der Waals surface area contributed by atoms with Crippen LogP contribution >= 0.6 is 0 Å². The lowest BCUT2D eigenvalue weighted by Gasteiger charge is -2.17. The number of rotatable bonds is 12. The van der Waals surface area contributed by atoms with E-state index in [1.165, 1.54) is 71.0 Å². The molecule has 0 aromatic heterocycles. The van der Waals surface area contributed by atoms with Gasteiger partial charge in [0.1, 0.15) is 0 Å². The molecule has 0 unspecified atom stereocenters. The Bertz CT molecular complexity index is 138. The summed E-state index contributed by atoms with van der Waals surface area (Å²) in [5.41, 5.74) is 0. The molecule has 0 rings (SSSR count). The maximum Gasteiger partial charge on any atom is -0.00190 e. The highest BCUT2D eigenvalue weighted by molar-refractivity contribution is 4.53. The monoisotopic (exact) mass is 241 g/mol. The average Bonchev–Trinajstić information content (AvgIpc) is 2.31. The zero-order chi connectivity index (χ0) is 12.9. The predicted molar refractivity (Wildman–Crippen MR) is 79.6 cm³/mol. The lowest BCUT2D eigenvalue weighted by molar-refractivity contribution is 0.295. The Morgan fingerprint density at radius 2 is 1.18 bits per heavy atom. The van der Waals surface area contributed by atoms with E-state index in [0.29, 0.717) is 0 Å². The van der Waals surface area contributed by atoms with Crippen LogP contribution in [0, 0.1) is 5.92 Å². The molecular weight excluding hydrogens is 206 g/mol. The van der Waals surface area contributed by atoms with Crippen LogP contribution in [0.4, 0.5) is 0 Å². The van der Waals surface area contributed by atoms with Gasteiger partial charge in [-0.25, -0.2) is 0 Å². The molecule has 0 radical (unpaired) electrons. The molecule has 0 bridgehead atoms. The molecule has 0 saturated carbocycles. The highest BCUT2D eigenvalue weighted by Crippen LogP contribution is 2.12. The lowest BCUT2D eigenvalue weighted by Crippen LogP contribution is -2.23. The van der Waals surface area contributed by atoms with Gasteiger partial charge in [0, 0.05) is 0 Å². The Morgan fingerprint density at radius 3 is 1.65 bits per heavy atom. The van der Waals surface area contributed by atoms with E-state index < -0.39 is 0 Å². The van der Waals surface area contributed by atoms with E-state index in [2.05, 4.69) is 32.6 Å². The highest BCUT2D eigenvalue weighted by Gasteiger charge is 1.98. The molecule has 0 saturated heterocycles. The van der Waals surface area contributed by atoms with Crippen LogP contribution in [0.15, 0.2) is 0 Å². The third kappa shape index (κ3) is 12.2. The van der Waals surface area contributed by atoms with Crippen molar-refractivity contribution in [2.75, 3.05) is 19.6 Å². The fraction of sp³-hybridized carbons (Fsp3) is 1.00. The molecule has 0 aromatic rings. The summed E-state index contributed by atoms with van der Waals surface area (Å²) in [6.07, 6.45) is 11.5. The van der Waals surface area contributed by atoms with E-state index in [1.54, 1.807) is 0 Å². The summed E-state index contributed by atoms with van der Waals surface area (Å²) in [4.78, 5) is 2.53. The SMILES string of the molecule is CCN(CC)CCCCCCCCCC(C)C. The first-order valence-electron chi connectivity index (χ1n) is 7.93. The van der Waals surface area contributed by atoms with Crippen molar-refractivity contribution >= 4 is 0 Å². The van der Waals surface area contributed by atoms with Crippen molar-refractivity contribution in [1.82, 2.24) is 4.90 Å². The first kappa shape index (κ1) is 17.0. The maximum atomic E-state index is 2.53. The molecule has 0 N–H and O–H groups in total. The van der Waals surface area contributed by atoms with Gasteiger partial charge < -0.3 is 4.90 Å². The van der Waals surface area contributed by atoms with Gasteiger partial charge in [-0.3, -0.25) is 0 Å². The summed E-state index contributed by atoms with van der Waals surface area (Å²) < 4.78 is 0. The molecule has 0 atom stereocenters. The van der Waals surface area contributed by atoms with Crippen molar-refractivity contribution in [3.05, 3.63) is 0 Å². The molecular formula is C16H35N. The van der Waals surface area contributed by atoms with Crippen LogP contribution in [0.3, 0.4) is 0 Å². The van der Waals surface area contributed by atoms with Crippen LogP contribution in [0.2, 0.25) is 0 Å². The zero-order valence-corrected chi connectivity index (χ0v) is 12.8. The second kappa shape index (κ2) is 12.4. The minimum atomic E-state index is 0.893. The second-order valence-corrected chi connectivity index (χ2v) is 5.68. The minimum Gasteiger partial charge on any atom is -0.304 e. The van der Waals surface area contributed by atoms with Crippen molar-refractivity contribution in [2.24, 2.45) is 5.92 Å². The molecule has 0 aliphatic rings. The number of unbranched alkanes of at least 4 members (excludes halogenated alkanes) is 6. The number of hydrogen-bond acceptors (Lipinski definition) is 1. The van der Waals surface area contributed by atoms with Gasteiger partial charge >= 0.3 is 0 Å². The molecule has 0 aromatic carbocycles. The smallest absolute Gasteiger partial charge is 0.00190 e. The Labute approximate surface area is 110 Å². The third-order valence-electron chi connectivity index (χ3n) is 3.65. The third-order valence-corrected chi connectivity index (χ3v) is 3.65. The lowest BCUT2D eigenvalue weighted by atomic mass is 10.0. The summed E-state index contributed by atoms with van der Waals surface area (Å²) in [5, 5.41) is 0. The summed E-state index contributed by atoms with van der Waals surface area (Å²) in [6, 6.07) is 0. The second-order valence-electron chi connectivity index (χ2n) is 5.68. The molecule has 0 amide bonds. The fourth-order valence-electron chi connectivity index (χ4n) is 2.31. The van der Waals surface area contributed by atoms with Crippen molar-refractivity contribution < 1.29 is 0 Å². The van der Waals surface area contributed by atoms with Crippen molar-refractivity contribution in [1.29, 1.82) is 0 Å². The number of nitrogens with zero attached hydrogens (tertiary/aromatic N) is 1. The summed E-state index contributed by atoms with van der Waals surface area (Å²) >= 11 is 0. The van der Waals surface area contributed by atoms with Gasteiger partial charge in [-0.15, -0.1) is 0 Å². The zero-order valence-electron chi connectivity index (χ0n) is 12.8. The van der Waals surface area contributed by atoms with Gasteiger partial charge in [-0.2, -0.15) is 0 Å². The van der Waals surface area contributed by atoms with Crippen LogP contribution in [0.25, 0.3) is 0 Å². The van der Waals surface area contributed by atoms with Gasteiger partial charge in [0.15, 0.2) is 0 Å². The molecule has 0 heterocycles. The van der Waals surface area contributed by atoms with E-state index >= 15 is 0 Å². The molecule has 104 valence electrons. The van der Waals surface area contributed by atoms with Crippen molar-refractivity contribution in [3.8, 4) is 0 Å². The molecule has 17 heavy (non-hydrogen) atoms. The van der Waals surface area contributed by atoms with E-state index in [1.807, 2.05) is 0 Å². The van der Waals surface area contributed by atoms with Crippen molar-refractivity contribution in [3.63, 3.8) is 0 Å². The molecule has 1 heteroatoms. The van der Waals surface area contributed by atoms with Gasteiger partial charge in [0.2, 0.25) is 0 Å². The first-order valence-corrected chi connectivity index (χ1v) is 7.93. The van der Waals surface area contributed by atoms with Crippen LogP contribution in [0.5, 0.6) is 0 Å². The van der Waals surface area contributed by atoms with Crippen LogP contribution in [0.1, 0.15) is 79.1 Å². The Morgan fingerprint density at radius 1 is 0.706 bits per heavy atom. The molecule has 1 nitrogen and oxygen atoms in total. The summed E-state index contributed by atoms with van der Waals surface area (Å²) in [7, 11) is 0. The van der Waals surface area contributed by atoms with Gasteiger partial charge in [0.25, 0.3) is 0 Å². The van der Waals surface area contributed by atoms with Gasteiger partial charge in [0.05, 0.1) is 0 Å². The topological polar surface area (TPSA) is 3.24 Å². The van der Waals surface area contributed by atoms with Crippen LogP contribution < -0.4 is 0 Å². The average molecular weight is 241 g/mol. The molecule has 0 aliphatic carbocycles. The maximum absolute atomic E-state index is 2.53. The van der Waals surface area contributed by atoms with Gasteiger partial charge in [-0.1, -0.05) is 72.6 Å². The van der Waals surface area contributed by atoms with Crippen LogP contribution in [-0.2, 0) is 0 Å². The normalized spacial score (nSPS) is 11.6. The van der Waals surface area contributed by atoms with Gasteiger partial charge in [-0.05, 0) is 32.0 Å². The Hall–Kier alpha value is -0.0400. The minimum absolute atomic E-state index is 0.893. The highest BCUT2D eigenvalue weighted by atomic mass is 15.1. The number of hydrogen-bond donors (Lipinski definition) is 0. The largest absolute Gasteiger partial charge is 0.304 e. The standard InChI is InChI=1S/C16H35N/c1-5-17(6-2)15-13-11-9-7-8-10-12-14-16(3)4/h16H,5-15H2,1-4H3. The molecule has 0 fully saturated rings. The van der Waals surface area contributed by atoms with Crippen molar-refractivity contribution in [2.45, 2.75) is 79.1 Å². The molecule has 0 aliphatic heterocycles. The van der Waals surface area contributed by atoms with E-state index in [9.17, 15) is 0 Å². The Kier molecular flexibility index (Phi) is 12.4. The van der Waals surface area contributed by atoms with E-state index in [4.69, 9.17) is 0 Å². The summed E-state index contributed by atoms with van der Waals surface area (Å²) in [5.74, 6) is 0.893.